The van der Waals surface area contributed by atoms with Gasteiger partial charge in [-0.1, -0.05) is 54.6 Å². The van der Waals surface area contributed by atoms with Crippen LogP contribution in [0.25, 0.3) is 0 Å². The van der Waals surface area contributed by atoms with Crippen LogP contribution < -0.4 is 32.9 Å². The quantitative estimate of drug-likeness (QED) is 0.234. The number of hydrogen-bond acceptors (Lipinski definition) is 2. The van der Waals surface area contributed by atoms with Gasteiger partial charge in [0.1, 0.15) is 35.2 Å². The SMILES string of the molecule is O=[N+]([O-])c1ccc(F)c(C[P+](c2ccccc2)(c2ccccc2)c2ccccc2)c1.[Br-]. The summed E-state index contributed by atoms with van der Waals surface area (Å²) in [4.78, 5) is 10.9. The van der Waals surface area contributed by atoms with E-state index in [2.05, 4.69) is 36.4 Å². The average Bonchev–Trinajstić information content (AvgIpc) is 2.80. The summed E-state index contributed by atoms with van der Waals surface area (Å²) in [7, 11) is -2.31. The molecular weight excluding hydrogens is 476 g/mol. The number of benzene rings is 4. The zero-order valence-electron chi connectivity index (χ0n) is 16.6. The zero-order chi connectivity index (χ0) is 21.0. The van der Waals surface area contributed by atoms with Crippen molar-refractivity contribution in [3.63, 3.8) is 0 Å². The maximum atomic E-state index is 14.9. The van der Waals surface area contributed by atoms with Crippen molar-refractivity contribution < 1.29 is 26.3 Å². The standard InChI is InChI=1S/C25H20FNO2P.BrH/c26-25-17-16-21(27(28)29)18-20(25)19-30(22-10-4-1-5-11-22,23-12-6-2-7-13-23)24-14-8-3-9-15-24;/h1-18H,19H2;1H/q+1;/p-1. The molecule has 3 nitrogen and oxygen atoms in total. The lowest BCUT2D eigenvalue weighted by molar-refractivity contribution is -0.385. The van der Waals surface area contributed by atoms with E-state index in [0.29, 0.717) is 11.7 Å². The lowest BCUT2D eigenvalue weighted by Gasteiger charge is -2.27. The fourth-order valence-corrected chi connectivity index (χ4v) is 8.06. The van der Waals surface area contributed by atoms with Crippen LogP contribution in [-0.2, 0) is 6.16 Å². The normalized spacial score (nSPS) is 10.9. The molecule has 0 N–H and O–H groups in total. The van der Waals surface area contributed by atoms with E-state index in [1.54, 1.807) is 0 Å². The molecule has 0 saturated carbocycles. The van der Waals surface area contributed by atoms with Crippen LogP contribution in [0.3, 0.4) is 0 Å². The predicted molar refractivity (Wildman–Crippen MR) is 122 cm³/mol. The van der Waals surface area contributed by atoms with E-state index in [9.17, 15) is 14.5 Å². The molecule has 4 aromatic carbocycles. The van der Waals surface area contributed by atoms with Gasteiger partial charge >= 0.3 is 0 Å². The molecule has 0 bridgehead atoms. The van der Waals surface area contributed by atoms with E-state index in [-0.39, 0.29) is 22.7 Å². The van der Waals surface area contributed by atoms with Crippen molar-refractivity contribution in [1.82, 2.24) is 0 Å². The van der Waals surface area contributed by atoms with Gasteiger partial charge in [-0.15, -0.1) is 0 Å². The molecule has 4 aromatic rings. The largest absolute Gasteiger partial charge is 1.00 e. The minimum absolute atomic E-state index is 0. The van der Waals surface area contributed by atoms with Crippen molar-refractivity contribution in [2.75, 3.05) is 0 Å². The van der Waals surface area contributed by atoms with Gasteiger partial charge in [-0.3, -0.25) is 10.1 Å². The molecular formula is C25H20BrFNO2P. The van der Waals surface area contributed by atoms with Gasteiger partial charge < -0.3 is 17.0 Å². The van der Waals surface area contributed by atoms with Crippen LogP contribution in [0, 0.1) is 15.9 Å². The Bertz CT molecular complexity index is 1060. The zero-order valence-corrected chi connectivity index (χ0v) is 19.0. The van der Waals surface area contributed by atoms with E-state index in [1.165, 1.54) is 18.2 Å². The minimum Gasteiger partial charge on any atom is -1.00 e. The average molecular weight is 496 g/mol. The molecule has 0 saturated heterocycles. The summed E-state index contributed by atoms with van der Waals surface area (Å²) in [5.74, 6) is -0.423. The molecule has 6 heteroatoms. The highest BCUT2D eigenvalue weighted by atomic mass is 79.9. The summed E-state index contributed by atoms with van der Waals surface area (Å²) in [5, 5.41) is 14.6. The number of nitro groups is 1. The van der Waals surface area contributed by atoms with E-state index >= 15 is 0 Å². The summed E-state index contributed by atoms with van der Waals surface area (Å²) in [6, 6.07) is 34.0. The van der Waals surface area contributed by atoms with Gasteiger partial charge in [0.15, 0.2) is 0 Å². The number of rotatable bonds is 6. The van der Waals surface area contributed by atoms with Gasteiger partial charge in [-0.05, 0) is 42.5 Å². The molecule has 0 aromatic heterocycles. The van der Waals surface area contributed by atoms with Crippen molar-refractivity contribution in [3.05, 3.63) is 131 Å². The number of hydrogen-bond donors (Lipinski definition) is 0. The Kier molecular flexibility index (Phi) is 7.32. The lowest BCUT2D eigenvalue weighted by atomic mass is 10.2. The predicted octanol–water partition coefficient (Wildman–Crippen LogP) is 2.23. The van der Waals surface area contributed by atoms with Crippen molar-refractivity contribution in [1.29, 1.82) is 0 Å². The first-order valence-electron chi connectivity index (χ1n) is 9.59. The van der Waals surface area contributed by atoms with Gasteiger partial charge in [0.2, 0.25) is 0 Å². The third-order valence-corrected chi connectivity index (χ3v) is 9.59. The second kappa shape index (κ2) is 9.95. The van der Waals surface area contributed by atoms with Crippen LogP contribution in [-0.4, -0.2) is 4.92 Å². The van der Waals surface area contributed by atoms with Gasteiger partial charge in [-0.2, -0.15) is 0 Å². The summed E-state index contributed by atoms with van der Waals surface area (Å²) >= 11 is 0. The first-order chi connectivity index (χ1) is 14.6. The summed E-state index contributed by atoms with van der Waals surface area (Å²) in [6.45, 7) is 0. The number of non-ortho nitro benzene ring substituents is 1. The molecule has 0 aliphatic rings. The highest BCUT2D eigenvalue weighted by Crippen LogP contribution is 2.58. The van der Waals surface area contributed by atoms with Crippen LogP contribution in [0.15, 0.2) is 109 Å². The van der Waals surface area contributed by atoms with Crippen LogP contribution in [0.4, 0.5) is 10.1 Å². The molecule has 0 atom stereocenters. The number of nitrogens with zero attached hydrogens (tertiary/aromatic N) is 1. The van der Waals surface area contributed by atoms with Gasteiger partial charge in [0.25, 0.3) is 5.69 Å². The van der Waals surface area contributed by atoms with E-state index in [0.717, 1.165) is 15.9 Å². The van der Waals surface area contributed by atoms with Crippen molar-refractivity contribution in [3.8, 4) is 0 Å². The molecule has 0 aliphatic carbocycles. The summed E-state index contributed by atoms with van der Waals surface area (Å²) in [6.07, 6.45) is 0.360. The van der Waals surface area contributed by atoms with Crippen molar-refractivity contribution in [2.24, 2.45) is 0 Å². The topological polar surface area (TPSA) is 43.1 Å². The highest BCUT2D eigenvalue weighted by molar-refractivity contribution is 7.95. The minimum atomic E-state index is -2.31. The second-order valence-corrected chi connectivity index (χ2v) is 10.5. The molecule has 0 amide bonds. The molecule has 31 heavy (non-hydrogen) atoms. The molecule has 0 spiro atoms. The Morgan fingerprint density at radius 2 is 1.13 bits per heavy atom. The van der Waals surface area contributed by atoms with Crippen LogP contribution >= 0.6 is 7.26 Å². The second-order valence-electron chi connectivity index (χ2n) is 7.01. The molecule has 0 aliphatic heterocycles. The van der Waals surface area contributed by atoms with Gasteiger partial charge in [0.05, 0.1) is 4.92 Å². The maximum absolute atomic E-state index is 14.9. The monoisotopic (exact) mass is 495 g/mol. The Labute approximate surface area is 191 Å². The molecule has 0 unspecified atom stereocenters. The van der Waals surface area contributed by atoms with Crippen LogP contribution in [0.1, 0.15) is 5.56 Å². The summed E-state index contributed by atoms with van der Waals surface area (Å²) in [5.41, 5.74) is 0.257. The first kappa shape index (κ1) is 22.8. The Morgan fingerprint density at radius 1 is 0.710 bits per heavy atom. The van der Waals surface area contributed by atoms with E-state index in [1.807, 2.05) is 54.6 Å². The molecule has 0 heterocycles. The maximum Gasteiger partial charge on any atom is 0.270 e. The van der Waals surface area contributed by atoms with Gasteiger partial charge in [0, 0.05) is 17.7 Å². The van der Waals surface area contributed by atoms with Gasteiger partial charge in [-0.25, -0.2) is 4.39 Å². The van der Waals surface area contributed by atoms with Crippen molar-refractivity contribution >= 4 is 28.9 Å². The van der Waals surface area contributed by atoms with E-state index < -0.39 is 18.0 Å². The molecule has 0 radical (unpaired) electrons. The smallest absolute Gasteiger partial charge is 0.270 e. The first-order valence-corrected chi connectivity index (χ1v) is 11.6. The van der Waals surface area contributed by atoms with Crippen LogP contribution in [0.5, 0.6) is 0 Å². The molecule has 0 fully saturated rings. The van der Waals surface area contributed by atoms with Crippen LogP contribution in [0.2, 0.25) is 0 Å². The number of halogens is 2. The Balaban J connectivity index is 0.00000272. The fraction of sp³-hybridized carbons (Fsp3) is 0.0400. The molecule has 156 valence electrons. The fourth-order valence-electron chi connectivity index (χ4n) is 3.82. The third kappa shape index (κ3) is 4.58. The Morgan fingerprint density at radius 3 is 1.52 bits per heavy atom. The number of nitro benzene ring substituents is 1. The highest BCUT2D eigenvalue weighted by Gasteiger charge is 2.46. The Hall–Kier alpha value is -2.88. The molecule has 4 rings (SSSR count). The lowest BCUT2D eigenvalue weighted by Crippen LogP contribution is -3.00. The summed E-state index contributed by atoms with van der Waals surface area (Å²) < 4.78 is 14.9. The third-order valence-electron chi connectivity index (χ3n) is 5.24. The van der Waals surface area contributed by atoms with E-state index in [4.69, 9.17) is 0 Å². The van der Waals surface area contributed by atoms with Crippen molar-refractivity contribution in [2.45, 2.75) is 6.16 Å².